The second-order valence-corrected chi connectivity index (χ2v) is 6.03. The van der Waals surface area contributed by atoms with Gasteiger partial charge in [0.25, 0.3) is 5.90 Å². The molecular formula is C20H24N4O5. The van der Waals surface area contributed by atoms with Gasteiger partial charge in [0.1, 0.15) is 19.5 Å². The van der Waals surface area contributed by atoms with Crippen molar-refractivity contribution in [3.63, 3.8) is 0 Å². The fourth-order valence-electron chi connectivity index (χ4n) is 2.55. The van der Waals surface area contributed by atoms with Crippen molar-refractivity contribution in [2.75, 3.05) is 26.9 Å². The first-order chi connectivity index (χ1) is 14.3. The molecule has 0 saturated heterocycles. The first-order valence-electron chi connectivity index (χ1n) is 9.49. The summed E-state index contributed by atoms with van der Waals surface area (Å²) in [6, 6.07) is 9.09. The van der Waals surface area contributed by atoms with E-state index in [2.05, 4.69) is 27.2 Å². The molecular weight excluding hydrogens is 376 g/mol. The van der Waals surface area contributed by atoms with Crippen LogP contribution in [0.15, 0.2) is 46.8 Å². The van der Waals surface area contributed by atoms with Gasteiger partial charge in [0.05, 0.1) is 12.2 Å². The van der Waals surface area contributed by atoms with Crippen LogP contribution >= 0.6 is 0 Å². The standard InChI is InChI=1S/C20H24N4O5/c1-3-4-7-12-26-17-10-11-21-20(22-17)29-16-9-6-5-8-15(16)18(23-25-2)19-24-28-14-13-27-19/h5-6,8-11H,3-4,7,12-14H2,1-2H3/b23-18-. The molecule has 0 amide bonds. The maximum atomic E-state index is 5.91. The highest BCUT2D eigenvalue weighted by atomic mass is 16.7. The van der Waals surface area contributed by atoms with Crippen LogP contribution in [0.2, 0.25) is 0 Å². The van der Waals surface area contributed by atoms with E-state index >= 15 is 0 Å². The summed E-state index contributed by atoms with van der Waals surface area (Å²) < 4.78 is 17.1. The van der Waals surface area contributed by atoms with Gasteiger partial charge in [0.15, 0.2) is 12.3 Å². The van der Waals surface area contributed by atoms with Gasteiger partial charge in [0.2, 0.25) is 5.88 Å². The molecule has 0 radical (unpaired) electrons. The Bertz CT molecular complexity index is 856. The molecule has 2 heterocycles. The highest BCUT2D eigenvalue weighted by Gasteiger charge is 2.22. The molecule has 154 valence electrons. The molecule has 1 aromatic carbocycles. The van der Waals surface area contributed by atoms with Gasteiger partial charge in [-0.1, -0.05) is 37.1 Å². The van der Waals surface area contributed by atoms with E-state index in [4.69, 9.17) is 23.9 Å². The van der Waals surface area contributed by atoms with Crippen LogP contribution in [-0.2, 0) is 14.4 Å². The quantitative estimate of drug-likeness (QED) is 0.342. The lowest BCUT2D eigenvalue weighted by Crippen LogP contribution is -2.25. The maximum Gasteiger partial charge on any atom is 0.325 e. The number of para-hydroxylation sites is 1. The molecule has 2 aromatic rings. The molecule has 0 aliphatic carbocycles. The third-order valence-corrected chi connectivity index (χ3v) is 3.90. The summed E-state index contributed by atoms with van der Waals surface area (Å²) in [5, 5.41) is 7.94. The fourth-order valence-corrected chi connectivity index (χ4v) is 2.55. The number of rotatable bonds is 10. The number of hydrogen-bond donors (Lipinski definition) is 0. The monoisotopic (exact) mass is 400 g/mol. The van der Waals surface area contributed by atoms with Crippen LogP contribution in [0, 0.1) is 0 Å². The van der Waals surface area contributed by atoms with Gasteiger partial charge >= 0.3 is 6.01 Å². The molecule has 0 N–H and O–H groups in total. The van der Waals surface area contributed by atoms with Crippen LogP contribution in [0.4, 0.5) is 0 Å². The topological polar surface area (TPSA) is 96.7 Å². The van der Waals surface area contributed by atoms with Crippen molar-refractivity contribution in [2.24, 2.45) is 10.3 Å². The Morgan fingerprint density at radius 1 is 1.17 bits per heavy atom. The van der Waals surface area contributed by atoms with Gasteiger partial charge in [-0.05, 0) is 23.7 Å². The minimum atomic E-state index is 0.157. The van der Waals surface area contributed by atoms with Gasteiger partial charge in [-0.15, -0.1) is 0 Å². The zero-order chi connectivity index (χ0) is 20.3. The lowest BCUT2D eigenvalue weighted by molar-refractivity contribution is 0.0672. The molecule has 0 fully saturated rings. The number of ether oxygens (including phenoxy) is 3. The van der Waals surface area contributed by atoms with Crippen LogP contribution in [0.5, 0.6) is 17.6 Å². The van der Waals surface area contributed by atoms with Gasteiger partial charge in [-0.2, -0.15) is 4.98 Å². The van der Waals surface area contributed by atoms with E-state index in [-0.39, 0.29) is 11.9 Å². The summed E-state index contributed by atoms with van der Waals surface area (Å²) in [6.07, 6.45) is 4.80. The Hall–Kier alpha value is -3.36. The molecule has 29 heavy (non-hydrogen) atoms. The molecule has 3 rings (SSSR count). The molecule has 1 aliphatic heterocycles. The van der Waals surface area contributed by atoms with E-state index in [0.717, 1.165) is 19.3 Å². The van der Waals surface area contributed by atoms with E-state index in [1.807, 2.05) is 12.1 Å². The van der Waals surface area contributed by atoms with Gasteiger partial charge in [-0.3, -0.25) is 0 Å². The Balaban J connectivity index is 1.80. The summed E-state index contributed by atoms with van der Waals surface area (Å²) in [5.74, 6) is 1.13. The number of unbranched alkanes of at least 4 members (excludes halogenated alkanes) is 2. The minimum Gasteiger partial charge on any atom is -0.478 e. The second kappa shape index (κ2) is 10.8. The zero-order valence-electron chi connectivity index (χ0n) is 16.5. The predicted molar refractivity (Wildman–Crippen MR) is 106 cm³/mol. The van der Waals surface area contributed by atoms with Crippen molar-refractivity contribution >= 4 is 11.6 Å². The summed E-state index contributed by atoms with van der Waals surface area (Å²) in [6.45, 7) is 3.49. The predicted octanol–water partition coefficient (Wildman–Crippen LogP) is 3.55. The first kappa shape index (κ1) is 20.4. The zero-order valence-corrected chi connectivity index (χ0v) is 16.5. The average molecular weight is 400 g/mol. The third kappa shape index (κ3) is 5.81. The van der Waals surface area contributed by atoms with Crippen molar-refractivity contribution in [3.8, 4) is 17.6 Å². The van der Waals surface area contributed by atoms with Crippen LogP contribution < -0.4 is 9.47 Å². The van der Waals surface area contributed by atoms with E-state index in [0.29, 0.717) is 42.7 Å². The van der Waals surface area contributed by atoms with Crippen molar-refractivity contribution in [3.05, 3.63) is 42.1 Å². The van der Waals surface area contributed by atoms with Gasteiger partial charge in [-0.25, -0.2) is 4.98 Å². The lowest BCUT2D eigenvalue weighted by atomic mass is 10.1. The van der Waals surface area contributed by atoms with E-state index in [9.17, 15) is 0 Å². The SMILES string of the molecule is CCCCCOc1ccnc(Oc2ccccc2/C(=N/OC)C2=NOCCO2)n1. The Morgan fingerprint density at radius 2 is 2.07 bits per heavy atom. The summed E-state index contributed by atoms with van der Waals surface area (Å²) in [5.41, 5.74) is 0.936. The lowest BCUT2D eigenvalue weighted by Gasteiger charge is -2.16. The molecule has 9 nitrogen and oxygen atoms in total. The molecule has 0 bridgehead atoms. The summed E-state index contributed by atoms with van der Waals surface area (Å²) in [7, 11) is 1.44. The van der Waals surface area contributed by atoms with E-state index in [1.165, 1.54) is 7.11 Å². The fraction of sp³-hybridized carbons (Fsp3) is 0.400. The van der Waals surface area contributed by atoms with E-state index in [1.54, 1.807) is 24.4 Å². The molecule has 0 atom stereocenters. The average Bonchev–Trinajstić information content (AvgIpc) is 2.77. The van der Waals surface area contributed by atoms with Crippen molar-refractivity contribution < 1.29 is 23.9 Å². The molecule has 9 heteroatoms. The molecule has 0 unspecified atom stereocenters. The summed E-state index contributed by atoms with van der Waals surface area (Å²) >= 11 is 0. The Labute approximate surface area is 169 Å². The maximum absolute atomic E-state index is 5.91. The van der Waals surface area contributed by atoms with Gasteiger partial charge in [0, 0.05) is 12.3 Å². The highest BCUT2D eigenvalue weighted by Crippen LogP contribution is 2.25. The van der Waals surface area contributed by atoms with Crippen molar-refractivity contribution in [1.29, 1.82) is 0 Å². The van der Waals surface area contributed by atoms with Crippen molar-refractivity contribution in [1.82, 2.24) is 9.97 Å². The first-order valence-corrected chi connectivity index (χ1v) is 9.49. The molecule has 0 saturated carbocycles. The number of benzene rings is 1. The number of oxime groups is 2. The van der Waals surface area contributed by atoms with Crippen LogP contribution in [0.3, 0.4) is 0 Å². The van der Waals surface area contributed by atoms with Crippen LogP contribution in [0.1, 0.15) is 31.7 Å². The summed E-state index contributed by atoms with van der Waals surface area (Å²) in [4.78, 5) is 18.5. The van der Waals surface area contributed by atoms with Crippen molar-refractivity contribution in [2.45, 2.75) is 26.2 Å². The van der Waals surface area contributed by atoms with Crippen LogP contribution in [-0.4, -0.2) is 48.5 Å². The second-order valence-electron chi connectivity index (χ2n) is 6.03. The smallest absolute Gasteiger partial charge is 0.325 e. The largest absolute Gasteiger partial charge is 0.478 e. The Morgan fingerprint density at radius 3 is 2.86 bits per heavy atom. The molecule has 1 aromatic heterocycles. The number of aromatic nitrogens is 2. The number of nitrogens with zero attached hydrogens (tertiary/aromatic N) is 4. The van der Waals surface area contributed by atoms with Gasteiger partial charge < -0.3 is 23.9 Å². The Kier molecular flexibility index (Phi) is 7.62. The number of hydrogen-bond acceptors (Lipinski definition) is 9. The normalized spacial score (nSPS) is 13.7. The molecule has 1 aliphatic rings. The molecule has 0 spiro atoms. The van der Waals surface area contributed by atoms with E-state index < -0.39 is 0 Å². The third-order valence-electron chi connectivity index (χ3n) is 3.90. The minimum absolute atomic E-state index is 0.157. The highest BCUT2D eigenvalue weighted by molar-refractivity contribution is 6.45. The van der Waals surface area contributed by atoms with Crippen LogP contribution in [0.25, 0.3) is 0 Å².